The summed E-state index contributed by atoms with van der Waals surface area (Å²) in [6.45, 7) is 4.30. The third kappa shape index (κ3) is 7.86. The third-order valence-corrected chi connectivity index (χ3v) is 3.81. The second-order valence-electron chi connectivity index (χ2n) is 5.85. The highest BCUT2D eigenvalue weighted by Crippen LogP contribution is 2.09. The van der Waals surface area contributed by atoms with E-state index in [1.165, 1.54) is 32.1 Å². The number of carboxylic acid groups (broad SMARTS) is 1. The van der Waals surface area contributed by atoms with Crippen LogP contribution < -0.4 is 5.32 Å². The van der Waals surface area contributed by atoms with Crippen LogP contribution in [0.4, 0.5) is 0 Å². The van der Waals surface area contributed by atoms with E-state index in [4.69, 9.17) is 0 Å². The molecule has 0 aliphatic carbocycles. The summed E-state index contributed by atoms with van der Waals surface area (Å²) in [5.41, 5.74) is 1.06. The van der Waals surface area contributed by atoms with Crippen LogP contribution in [0.3, 0.4) is 0 Å². The Kier molecular flexibility index (Phi) is 8.76. The van der Waals surface area contributed by atoms with Crippen LogP contribution in [0.1, 0.15) is 57.9 Å². The molecule has 2 unspecified atom stereocenters. The average molecular weight is 291 g/mol. The van der Waals surface area contributed by atoms with Crippen molar-refractivity contribution in [3.63, 3.8) is 0 Å². The maximum absolute atomic E-state index is 11.4. The lowest BCUT2D eigenvalue weighted by Gasteiger charge is -2.20. The highest BCUT2D eigenvalue weighted by molar-refractivity contribution is 5.74. The van der Waals surface area contributed by atoms with Gasteiger partial charge in [-0.1, -0.05) is 69.4 Å². The maximum atomic E-state index is 11.4. The van der Waals surface area contributed by atoms with Crippen molar-refractivity contribution in [1.29, 1.82) is 0 Å². The summed E-state index contributed by atoms with van der Waals surface area (Å²) < 4.78 is 0. The second-order valence-corrected chi connectivity index (χ2v) is 5.85. The highest BCUT2D eigenvalue weighted by atomic mass is 16.4. The lowest BCUT2D eigenvalue weighted by atomic mass is 10.0. The molecular weight excluding hydrogens is 262 g/mol. The van der Waals surface area contributed by atoms with Gasteiger partial charge in [-0.25, -0.2) is 0 Å². The van der Waals surface area contributed by atoms with Gasteiger partial charge in [0.2, 0.25) is 0 Å². The van der Waals surface area contributed by atoms with Crippen molar-refractivity contribution in [2.45, 2.75) is 70.9 Å². The van der Waals surface area contributed by atoms with Crippen molar-refractivity contribution in [1.82, 2.24) is 5.32 Å². The first-order chi connectivity index (χ1) is 10.1. The molecule has 0 aliphatic rings. The van der Waals surface area contributed by atoms with Crippen LogP contribution in [0.15, 0.2) is 30.3 Å². The monoisotopic (exact) mass is 291 g/mol. The first-order valence-electron chi connectivity index (χ1n) is 8.16. The smallest absolute Gasteiger partial charge is 0.321 e. The van der Waals surface area contributed by atoms with Crippen molar-refractivity contribution in [3.8, 4) is 0 Å². The van der Waals surface area contributed by atoms with Crippen molar-refractivity contribution >= 4 is 5.97 Å². The zero-order valence-corrected chi connectivity index (χ0v) is 13.3. The van der Waals surface area contributed by atoms with Crippen molar-refractivity contribution < 1.29 is 9.90 Å². The van der Waals surface area contributed by atoms with Gasteiger partial charge in [0.05, 0.1) is 0 Å². The molecule has 0 saturated heterocycles. The van der Waals surface area contributed by atoms with Gasteiger partial charge < -0.3 is 10.4 Å². The molecular formula is C18H29NO2. The number of carboxylic acids is 1. The minimum atomic E-state index is -0.767. The molecule has 0 amide bonds. The molecule has 2 atom stereocenters. The standard InChI is InChI=1S/C18H29NO2/c1-3-4-5-6-8-11-15(2)19-17(18(20)21)14-16-12-9-7-10-13-16/h7,9-10,12-13,15,17,19H,3-6,8,11,14H2,1-2H3,(H,20,21). The Morgan fingerprint density at radius 2 is 1.81 bits per heavy atom. The molecule has 0 heterocycles. The van der Waals surface area contributed by atoms with Crippen molar-refractivity contribution in [2.75, 3.05) is 0 Å². The fraction of sp³-hybridized carbons (Fsp3) is 0.611. The Morgan fingerprint density at radius 1 is 1.14 bits per heavy atom. The van der Waals surface area contributed by atoms with E-state index in [1.807, 2.05) is 30.3 Å². The van der Waals surface area contributed by atoms with E-state index in [-0.39, 0.29) is 6.04 Å². The number of aliphatic carboxylic acids is 1. The number of carbonyl (C=O) groups is 1. The summed E-state index contributed by atoms with van der Waals surface area (Å²) >= 11 is 0. The Balaban J connectivity index is 2.34. The molecule has 1 rings (SSSR count). The number of rotatable bonds is 11. The van der Waals surface area contributed by atoms with E-state index in [2.05, 4.69) is 19.2 Å². The molecule has 1 aromatic carbocycles. The van der Waals surface area contributed by atoms with Gasteiger partial charge in [0.15, 0.2) is 0 Å². The van der Waals surface area contributed by atoms with Crippen molar-refractivity contribution in [2.24, 2.45) is 0 Å². The third-order valence-electron chi connectivity index (χ3n) is 3.81. The van der Waals surface area contributed by atoms with Crippen LogP contribution in [0.2, 0.25) is 0 Å². The van der Waals surface area contributed by atoms with E-state index in [9.17, 15) is 9.90 Å². The normalized spacial score (nSPS) is 13.8. The van der Waals surface area contributed by atoms with E-state index in [0.29, 0.717) is 6.42 Å². The Labute approximate surface area is 128 Å². The summed E-state index contributed by atoms with van der Waals surface area (Å²) in [4.78, 5) is 11.4. The zero-order valence-electron chi connectivity index (χ0n) is 13.3. The van der Waals surface area contributed by atoms with Crippen LogP contribution in [-0.2, 0) is 11.2 Å². The average Bonchev–Trinajstić information content (AvgIpc) is 2.47. The van der Waals surface area contributed by atoms with Gasteiger partial charge in [0.25, 0.3) is 0 Å². The largest absolute Gasteiger partial charge is 0.480 e. The van der Waals surface area contributed by atoms with Crippen LogP contribution in [0, 0.1) is 0 Å². The van der Waals surface area contributed by atoms with Gasteiger partial charge >= 0.3 is 5.97 Å². The van der Waals surface area contributed by atoms with E-state index >= 15 is 0 Å². The summed E-state index contributed by atoms with van der Waals surface area (Å²) in [6, 6.07) is 9.55. The number of hydrogen-bond donors (Lipinski definition) is 2. The highest BCUT2D eigenvalue weighted by Gasteiger charge is 2.19. The molecule has 0 aliphatic heterocycles. The summed E-state index contributed by atoms with van der Waals surface area (Å²) in [5.74, 6) is -0.767. The van der Waals surface area contributed by atoms with Gasteiger partial charge in [-0.15, -0.1) is 0 Å². The number of hydrogen-bond acceptors (Lipinski definition) is 2. The van der Waals surface area contributed by atoms with Gasteiger partial charge in [-0.3, -0.25) is 4.79 Å². The van der Waals surface area contributed by atoms with Gasteiger partial charge in [0.1, 0.15) is 6.04 Å². The van der Waals surface area contributed by atoms with Crippen LogP contribution in [-0.4, -0.2) is 23.2 Å². The Morgan fingerprint density at radius 3 is 2.43 bits per heavy atom. The van der Waals surface area contributed by atoms with Crippen molar-refractivity contribution in [3.05, 3.63) is 35.9 Å². The summed E-state index contributed by atoms with van der Waals surface area (Å²) in [7, 11) is 0. The minimum Gasteiger partial charge on any atom is -0.480 e. The van der Waals surface area contributed by atoms with E-state index in [0.717, 1.165) is 12.0 Å². The fourth-order valence-corrected chi connectivity index (χ4v) is 2.55. The maximum Gasteiger partial charge on any atom is 0.321 e. The van der Waals surface area contributed by atoms with Gasteiger partial charge in [0, 0.05) is 6.04 Å². The summed E-state index contributed by atoms with van der Waals surface area (Å²) in [5, 5.41) is 12.6. The topological polar surface area (TPSA) is 49.3 Å². The Hall–Kier alpha value is -1.35. The van der Waals surface area contributed by atoms with Crippen LogP contribution >= 0.6 is 0 Å². The first-order valence-corrected chi connectivity index (χ1v) is 8.16. The molecule has 0 spiro atoms. The lowest BCUT2D eigenvalue weighted by molar-refractivity contribution is -0.139. The number of benzene rings is 1. The molecule has 2 N–H and O–H groups in total. The first kappa shape index (κ1) is 17.7. The molecule has 3 nitrogen and oxygen atoms in total. The van der Waals surface area contributed by atoms with Gasteiger partial charge in [-0.05, 0) is 25.3 Å². The second kappa shape index (κ2) is 10.4. The minimum absolute atomic E-state index is 0.247. The summed E-state index contributed by atoms with van der Waals surface area (Å²) in [6.07, 6.45) is 7.84. The molecule has 0 radical (unpaired) electrons. The molecule has 0 bridgehead atoms. The predicted molar refractivity (Wildman–Crippen MR) is 87.5 cm³/mol. The SMILES string of the molecule is CCCCCCCC(C)NC(Cc1ccccc1)C(=O)O. The van der Waals surface area contributed by atoms with E-state index in [1.54, 1.807) is 0 Å². The van der Waals surface area contributed by atoms with Gasteiger partial charge in [-0.2, -0.15) is 0 Å². The van der Waals surface area contributed by atoms with Crippen LogP contribution in [0.5, 0.6) is 0 Å². The molecule has 0 saturated carbocycles. The molecule has 3 heteroatoms. The molecule has 0 aromatic heterocycles. The molecule has 1 aromatic rings. The lowest BCUT2D eigenvalue weighted by Crippen LogP contribution is -2.43. The van der Waals surface area contributed by atoms with Crippen LogP contribution in [0.25, 0.3) is 0 Å². The molecule has 118 valence electrons. The fourth-order valence-electron chi connectivity index (χ4n) is 2.55. The number of unbranched alkanes of at least 4 members (excludes halogenated alkanes) is 4. The quantitative estimate of drug-likeness (QED) is 0.605. The predicted octanol–water partition coefficient (Wildman–Crippen LogP) is 4.02. The zero-order chi connectivity index (χ0) is 15.5. The van der Waals surface area contributed by atoms with E-state index < -0.39 is 12.0 Å². The molecule has 0 fully saturated rings. The Bertz CT molecular complexity index is 391. The molecule has 21 heavy (non-hydrogen) atoms. The number of nitrogens with one attached hydrogen (secondary N) is 1.